The van der Waals surface area contributed by atoms with Gasteiger partial charge in [0.15, 0.2) is 5.69 Å². The highest BCUT2D eigenvalue weighted by Gasteiger charge is 2.43. The van der Waals surface area contributed by atoms with E-state index in [0.29, 0.717) is 11.4 Å². The average Bonchev–Trinajstić information content (AvgIpc) is 3.38. The smallest absolute Gasteiger partial charge is 0.475 e. The summed E-state index contributed by atoms with van der Waals surface area (Å²) in [6.07, 6.45) is -9.93. The van der Waals surface area contributed by atoms with Gasteiger partial charge in [-0.25, -0.2) is 9.48 Å². The highest BCUT2D eigenvalue weighted by Crippen LogP contribution is 2.37. The lowest BCUT2D eigenvalue weighted by Crippen LogP contribution is -2.39. The van der Waals surface area contributed by atoms with Crippen LogP contribution in [0.25, 0.3) is 5.69 Å². The number of aliphatic carboxylic acids is 1. The van der Waals surface area contributed by atoms with Crippen molar-refractivity contribution in [1.29, 1.82) is 0 Å². The zero-order valence-corrected chi connectivity index (χ0v) is 24.1. The van der Waals surface area contributed by atoms with Crippen LogP contribution in [0.3, 0.4) is 0 Å². The Bertz CT molecular complexity index is 1590. The number of benzene rings is 2. The number of hydrogen-bond donors (Lipinski definition) is 2. The van der Waals surface area contributed by atoms with Gasteiger partial charge >= 0.3 is 18.3 Å². The number of primary amides is 1. The Balaban J connectivity index is 0.000000707. The van der Waals surface area contributed by atoms with E-state index >= 15 is 0 Å². The molecule has 0 spiro atoms. The van der Waals surface area contributed by atoms with Gasteiger partial charge in [0.2, 0.25) is 11.8 Å². The first-order chi connectivity index (χ1) is 20.9. The van der Waals surface area contributed by atoms with E-state index in [1.807, 2.05) is 18.9 Å². The quantitative estimate of drug-likeness (QED) is 0.374. The highest BCUT2D eigenvalue weighted by atomic mass is 19.4. The van der Waals surface area contributed by atoms with Gasteiger partial charge in [0, 0.05) is 36.1 Å². The van der Waals surface area contributed by atoms with Crippen molar-refractivity contribution < 1.29 is 50.6 Å². The maximum atomic E-state index is 13.8. The highest BCUT2D eigenvalue weighted by molar-refractivity contribution is 6.08. The largest absolute Gasteiger partial charge is 0.490 e. The topological polar surface area (TPSA) is 142 Å². The molecule has 0 saturated carbocycles. The molecule has 3 N–H and O–H groups in total. The van der Waals surface area contributed by atoms with Gasteiger partial charge in [-0.2, -0.15) is 31.4 Å². The predicted octanol–water partition coefficient (Wildman–Crippen LogP) is 3.74. The standard InChI is InChI=1S/C26H27F3N6O3.C2HF3O2/c1-4-32(2)15-21(36)33(3)17-8-10-18(11-9-17)34-13-12-20-22(25(34)38)35(31-23(20)26(27,28)29)19-7-5-6-16(14-19)24(30)37;3-2(4,5)1(6)7/h5-11,14H,4,12-13,15H2,1-3H3,(H2,30,37);(H,6,7). The fourth-order valence-corrected chi connectivity index (χ4v) is 4.26. The second kappa shape index (κ2) is 13.4. The molecule has 1 aliphatic heterocycles. The number of carbonyl (C=O) groups excluding carboxylic acids is 3. The Morgan fingerprint density at radius 2 is 1.60 bits per heavy atom. The van der Waals surface area contributed by atoms with E-state index in [2.05, 4.69) is 5.10 Å². The average molecular weight is 643 g/mol. The molecule has 0 atom stereocenters. The number of carbonyl (C=O) groups is 4. The number of fused-ring (bicyclic) bond motifs is 1. The van der Waals surface area contributed by atoms with Gasteiger partial charge in [0.25, 0.3) is 5.91 Å². The lowest BCUT2D eigenvalue weighted by molar-refractivity contribution is -0.192. The van der Waals surface area contributed by atoms with Gasteiger partial charge in [0.1, 0.15) is 5.69 Å². The van der Waals surface area contributed by atoms with Crippen LogP contribution in [0.1, 0.15) is 39.0 Å². The first-order valence-corrected chi connectivity index (χ1v) is 13.1. The molecule has 2 heterocycles. The second-order valence-electron chi connectivity index (χ2n) is 9.81. The van der Waals surface area contributed by atoms with Crippen LogP contribution in [0.4, 0.5) is 37.7 Å². The number of nitrogens with zero attached hydrogens (tertiary/aromatic N) is 5. The van der Waals surface area contributed by atoms with Crippen molar-refractivity contribution in [2.24, 2.45) is 5.73 Å². The molecular weight excluding hydrogens is 614 g/mol. The molecule has 0 bridgehead atoms. The third-order valence-corrected chi connectivity index (χ3v) is 6.77. The van der Waals surface area contributed by atoms with Gasteiger partial charge in [-0.15, -0.1) is 0 Å². The van der Waals surface area contributed by atoms with Crippen molar-refractivity contribution in [3.05, 3.63) is 71.0 Å². The fraction of sp³-hybridized carbons (Fsp3) is 0.321. The number of nitrogens with two attached hydrogens (primary N) is 1. The molecule has 11 nitrogen and oxygen atoms in total. The van der Waals surface area contributed by atoms with Crippen molar-refractivity contribution in [2.45, 2.75) is 25.7 Å². The zero-order valence-electron chi connectivity index (χ0n) is 24.1. The molecule has 0 unspecified atom stereocenters. The van der Waals surface area contributed by atoms with E-state index in [1.165, 1.54) is 34.1 Å². The molecule has 2 aromatic carbocycles. The van der Waals surface area contributed by atoms with Crippen molar-refractivity contribution >= 4 is 35.1 Å². The minimum Gasteiger partial charge on any atom is -0.475 e. The third kappa shape index (κ3) is 7.97. The summed E-state index contributed by atoms with van der Waals surface area (Å²) in [4.78, 5) is 51.4. The molecule has 17 heteroatoms. The minimum absolute atomic E-state index is 0.0113. The van der Waals surface area contributed by atoms with Gasteiger partial charge < -0.3 is 20.6 Å². The Labute approximate surface area is 252 Å². The van der Waals surface area contributed by atoms with Gasteiger partial charge in [-0.1, -0.05) is 13.0 Å². The normalized spacial score (nSPS) is 13.2. The summed E-state index contributed by atoms with van der Waals surface area (Å²) in [5.41, 5.74) is 5.00. The Hall–Kier alpha value is -4.93. The number of anilines is 2. The van der Waals surface area contributed by atoms with Crippen LogP contribution in [0.5, 0.6) is 0 Å². The number of halogens is 6. The number of likely N-dealkylation sites (N-methyl/N-ethyl adjacent to an activating group) is 2. The van der Waals surface area contributed by atoms with Crippen LogP contribution in [0.2, 0.25) is 0 Å². The molecule has 3 aromatic rings. The van der Waals surface area contributed by atoms with Crippen LogP contribution in [0.15, 0.2) is 48.5 Å². The van der Waals surface area contributed by atoms with Crippen LogP contribution in [-0.4, -0.2) is 83.4 Å². The molecule has 4 rings (SSSR count). The third-order valence-electron chi connectivity index (χ3n) is 6.77. The van der Waals surface area contributed by atoms with Crippen molar-refractivity contribution in [2.75, 3.05) is 43.5 Å². The van der Waals surface area contributed by atoms with Crippen molar-refractivity contribution in [1.82, 2.24) is 14.7 Å². The Morgan fingerprint density at radius 1 is 1.00 bits per heavy atom. The molecule has 1 aliphatic rings. The number of amides is 3. The van der Waals surface area contributed by atoms with Crippen LogP contribution >= 0.6 is 0 Å². The lowest BCUT2D eigenvalue weighted by atomic mass is 10.0. The van der Waals surface area contributed by atoms with E-state index in [9.17, 15) is 40.7 Å². The minimum atomic E-state index is -5.08. The maximum absolute atomic E-state index is 13.8. The Morgan fingerprint density at radius 3 is 2.11 bits per heavy atom. The summed E-state index contributed by atoms with van der Waals surface area (Å²) in [5.74, 6) is -4.29. The Kier molecular flexibility index (Phi) is 10.3. The zero-order chi connectivity index (χ0) is 33.9. The molecule has 0 saturated heterocycles. The van der Waals surface area contributed by atoms with Crippen molar-refractivity contribution in [3.8, 4) is 5.69 Å². The molecular formula is C28H28F6N6O5. The maximum Gasteiger partial charge on any atom is 0.490 e. The van der Waals surface area contributed by atoms with E-state index in [-0.39, 0.29) is 47.9 Å². The number of hydrogen-bond acceptors (Lipinski definition) is 6. The van der Waals surface area contributed by atoms with Gasteiger partial charge in [-0.05, 0) is 62.5 Å². The first-order valence-electron chi connectivity index (χ1n) is 13.1. The summed E-state index contributed by atoms with van der Waals surface area (Å²) in [6.45, 7) is 2.92. The van der Waals surface area contributed by atoms with Gasteiger partial charge in [-0.3, -0.25) is 19.3 Å². The summed E-state index contributed by atoms with van der Waals surface area (Å²) in [7, 11) is 3.49. The van der Waals surface area contributed by atoms with E-state index in [4.69, 9.17) is 15.6 Å². The number of carboxylic acid groups (broad SMARTS) is 1. The summed E-state index contributed by atoms with van der Waals surface area (Å²) in [5, 5.41) is 10.9. The molecule has 0 fully saturated rings. The fourth-order valence-electron chi connectivity index (χ4n) is 4.26. The number of carboxylic acids is 1. The van der Waals surface area contributed by atoms with Crippen molar-refractivity contribution in [3.63, 3.8) is 0 Å². The van der Waals surface area contributed by atoms with Crippen LogP contribution in [-0.2, 0) is 22.2 Å². The molecule has 0 aliphatic carbocycles. The first kappa shape index (κ1) is 34.6. The molecule has 3 amide bonds. The van der Waals surface area contributed by atoms with E-state index in [1.54, 1.807) is 31.3 Å². The lowest BCUT2D eigenvalue weighted by Gasteiger charge is -2.28. The SMILES string of the molecule is CCN(C)CC(=O)N(C)c1ccc(N2CCc3c(C(F)(F)F)nn(-c4cccc(C(N)=O)c4)c3C2=O)cc1.O=C(O)C(F)(F)F. The number of aromatic nitrogens is 2. The summed E-state index contributed by atoms with van der Waals surface area (Å²) < 4.78 is 74.2. The molecule has 45 heavy (non-hydrogen) atoms. The molecule has 242 valence electrons. The molecule has 1 aromatic heterocycles. The molecule has 0 radical (unpaired) electrons. The van der Waals surface area contributed by atoms with E-state index < -0.39 is 35.8 Å². The van der Waals surface area contributed by atoms with Gasteiger partial charge in [0.05, 0.1) is 12.2 Å². The summed E-state index contributed by atoms with van der Waals surface area (Å²) >= 11 is 0. The number of rotatable bonds is 7. The number of alkyl halides is 6. The second-order valence-corrected chi connectivity index (χ2v) is 9.81. The van der Waals surface area contributed by atoms with E-state index in [0.717, 1.165) is 11.2 Å². The van der Waals surface area contributed by atoms with Crippen LogP contribution < -0.4 is 15.5 Å². The summed E-state index contributed by atoms with van der Waals surface area (Å²) in [6, 6.07) is 12.3. The monoisotopic (exact) mass is 642 g/mol. The van der Waals surface area contributed by atoms with Crippen LogP contribution in [0, 0.1) is 0 Å². The predicted molar refractivity (Wildman–Crippen MR) is 149 cm³/mol.